The molecule has 1 aromatic carbocycles. The first-order valence-electron chi connectivity index (χ1n) is 8.49. The van der Waals surface area contributed by atoms with Crippen LogP contribution < -0.4 is 4.74 Å². The Labute approximate surface area is 139 Å². The molecule has 0 saturated carbocycles. The summed E-state index contributed by atoms with van der Waals surface area (Å²) in [5.74, 6) is 1.13. The molecule has 1 aromatic rings. The van der Waals surface area contributed by atoms with Crippen molar-refractivity contribution in [1.29, 1.82) is 0 Å². The summed E-state index contributed by atoms with van der Waals surface area (Å²) in [4.78, 5) is 0. The van der Waals surface area contributed by atoms with Gasteiger partial charge in [0, 0.05) is 6.61 Å². The van der Waals surface area contributed by atoms with Gasteiger partial charge in [0.25, 0.3) is 0 Å². The van der Waals surface area contributed by atoms with Crippen molar-refractivity contribution in [3.63, 3.8) is 0 Å². The van der Waals surface area contributed by atoms with Crippen LogP contribution in [-0.2, 0) is 16.1 Å². The van der Waals surface area contributed by atoms with Crippen LogP contribution in [0.5, 0.6) is 5.75 Å². The number of benzene rings is 1. The molecule has 130 valence electrons. The standard InChI is InChI=1S/C19H30O4/c1-14(12-20)11-19(3)10-9-18(23-19)15(2)22-13-16-5-7-17(21-4)8-6-16/h5-8,14-15,18,20H,9-13H2,1-4H3/t14-,15+,18-,19-/m1/s1. The van der Waals surface area contributed by atoms with E-state index in [0.29, 0.717) is 6.61 Å². The monoisotopic (exact) mass is 322 g/mol. The lowest BCUT2D eigenvalue weighted by Crippen LogP contribution is -2.32. The van der Waals surface area contributed by atoms with Crippen LogP contribution >= 0.6 is 0 Å². The Hall–Kier alpha value is -1.10. The summed E-state index contributed by atoms with van der Waals surface area (Å²) in [5.41, 5.74) is 0.997. The lowest BCUT2D eigenvalue weighted by atomic mass is 9.91. The van der Waals surface area contributed by atoms with Crippen molar-refractivity contribution in [2.45, 2.75) is 64.4 Å². The van der Waals surface area contributed by atoms with Gasteiger partial charge in [-0.05, 0) is 56.7 Å². The Morgan fingerprint density at radius 2 is 2.00 bits per heavy atom. The lowest BCUT2D eigenvalue weighted by molar-refractivity contribution is -0.107. The number of hydrogen-bond acceptors (Lipinski definition) is 4. The van der Waals surface area contributed by atoms with Gasteiger partial charge in [-0.1, -0.05) is 19.1 Å². The van der Waals surface area contributed by atoms with Crippen LogP contribution in [0.3, 0.4) is 0 Å². The largest absolute Gasteiger partial charge is 0.497 e. The van der Waals surface area contributed by atoms with Crippen LogP contribution in [0.1, 0.15) is 45.6 Å². The van der Waals surface area contributed by atoms with Crippen LogP contribution in [-0.4, -0.2) is 36.6 Å². The molecule has 0 unspecified atom stereocenters. The number of rotatable bonds is 8. The zero-order valence-corrected chi connectivity index (χ0v) is 14.7. The highest BCUT2D eigenvalue weighted by Crippen LogP contribution is 2.37. The first-order chi connectivity index (χ1) is 11.0. The van der Waals surface area contributed by atoms with Crippen LogP contribution in [0.15, 0.2) is 24.3 Å². The number of methoxy groups -OCH3 is 1. The van der Waals surface area contributed by atoms with Crippen molar-refractivity contribution in [3.05, 3.63) is 29.8 Å². The quantitative estimate of drug-likeness (QED) is 0.795. The maximum absolute atomic E-state index is 9.24. The molecule has 1 aliphatic rings. The maximum Gasteiger partial charge on any atom is 0.118 e. The van der Waals surface area contributed by atoms with E-state index in [0.717, 1.165) is 30.6 Å². The minimum Gasteiger partial charge on any atom is -0.497 e. The highest BCUT2D eigenvalue weighted by atomic mass is 16.6. The molecule has 0 bridgehead atoms. The molecule has 23 heavy (non-hydrogen) atoms. The molecule has 1 aliphatic heterocycles. The Morgan fingerprint density at radius 3 is 2.61 bits per heavy atom. The summed E-state index contributed by atoms with van der Waals surface area (Å²) in [5, 5.41) is 9.24. The fourth-order valence-electron chi connectivity index (χ4n) is 3.27. The second-order valence-corrected chi connectivity index (χ2v) is 7.00. The zero-order chi connectivity index (χ0) is 16.9. The van der Waals surface area contributed by atoms with Gasteiger partial charge in [-0.3, -0.25) is 0 Å². The molecule has 0 aromatic heterocycles. The van der Waals surface area contributed by atoms with Crippen molar-refractivity contribution in [1.82, 2.24) is 0 Å². The van der Waals surface area contributed by atoms with Gasteiger partial charge in [-0.2, -0.15) is 0 Å². The summed E-state index contributed by atoms with van der Waals surface area (Å²) in [6.07, 6.45) is 3.12. The first kappa shape index (κ1) is 18.2. The van der Waals surface area contributed by atoms with E-state index >= 15 is 0 Å². The summed E-state index contributed by atoms with van der Waals surface area (Å²) >= 11 is 0. The molecule has 1 N–H and O–H groups in total. The second-order valence-electron chi connectivity index (χ2n) is 7.00. The number of aliphatic hydroxyl groups excluding tert-OH is 1. The zero-order valence-electron chi connectivity index (χ0n) is 14.7. The van der Waals surface area contributed by atoms with E-state index in [2.05, 4.69) is 20.8 Å². The summed E-state index contributed by atoms with van der Waals surface area (Å²) < 4.78 is 17.4. The van der Waals surface area contributed by atoms with Gasteiger partial charge >= 0.3 is 0 Å². The van der Waals surface area contributed by atoms with Crippen molar-refractivity contribution >= 4 is 0 Å². The first-order valence-corrected chi connectivity index (χ1v) is 8.49. The second kappa shape index (κ2) is 8.13. The molecular weight excluding hydrogens is 292 g/mol. The normalized spacial score (nSPS) is 26.9. The predicted octanol–water partition coefficient (Wildman–Crippen LogP) is 3.56. The highest BCUT2D eigenvalue weighted by molar-refractivity contribution is 5.26. The third kappa shape index (κ3) is 5.20. The molecule has 1 heterocycles. The summed E-state index contributed by atoms with van der Waals surface area (Å²) in [7, 11) is 1.67. The van der Waals surface area contributed by atoms with E-state index < -0.39 is 0 Å². The summed E-state index contributed by atoms with van der Waals surface area (Å²) in [6, 6.07) is 7.94. The molecule has 4 atom stereocenters. The van der Waals surface area contributed by atoms with E-state index in [-0.39, 0.29) is 30.3 Å². The van der Waals surface area contributed by atoms with Crippen molar-refractivity contribution in [2.75, 3.05) is 13.7 Å². The van der Waals surface area contributed by atoms with Gasteiger partial charge in [0.15, 0.2) is 0 Å². The maximum atomic E-state index is 9.24. The summed E-state index contributed by atoms with van der Waals surface area (Å²) in [6.45, 7) is 7.08. The van der Waals surface area contributed by atoms with E-state index in [1.54, 1.807) is 7.11 Å². The minimum absolute atomic E-state index is 0.0587. The molecule has 0 spiro atoms. The van der Waals surface area contributed by atoms with Crippen LogP contribution in [0, 0.1) is 5.92 Å². The van der Waals surface area contributed by atoms with Gasteiger partial charge in [0.2, 0.25) is 0 Å². The average Bonchev–Trinajstić information content (AvgIpc) is 2.95. The van der Waals surface area contributed by atoms with Crippen molar-refractivity contribution < 1.29 is 19.3 Å². The lowest BCUT2D eigenvalue weighted by Gasteiger charge is -2.29. The SMILES string of the molecule is COc1ccc(CO[C@@H](C)[C@H]2CC[C@](C)(C[C@@H](C)CO)O2)cc1. The van der Waals surface area contributed by atoms with Gasteiger partial charge in [-0.15, -0.1) is 0 Å². The smallest absolute Gasteiger partial charge is 0.118 e. The molecule has 1 saturated heterocycles. The van der Waals surface area contributed by atoms with E-state index in [1.165, 1.54) is 0 Å². The molecule has 0 amide bonds. The molecule has 1 fully saturated rings. The van der Waals surface area contributed by atoms with Gasteiger partial charge < -0.3 is 19.3 Å². The third-order valence-electron chi connectivity index (χ3n) is 4.68. The third-order valence-corrected chi connectivity index (χ3v) is 4.68. The average molecular weight is 322 g/mol. The number of aliphatic hydroxyl groups is 1. The van der Waals surface area contributed by atoms with Crippen LogP contribution in [0.25, 0.3) is 0 Å². The molecular formula is C19H30O4. The van der Waals surface area contributed by atoms with Gasteiger partial charge in [-0.25, -0.2) is 0 Å². The van der Waals surface area contributed by atoms with Crippen molar-refractivity contribution in [3.8, 4) is 5.75 Å². The number of hydrogen-bond donors (Lipinski definition) is 1. The van der Waals surface area contributed by atoms with E-state index in [9.17, 15) is 5.11 Å². The molecule has 0 aliphatic carbocycles. The fraction of sp³-hybridized carbons (Fsp3) is 0.684. The Kier molecular flexibility index (Phi) is 6.45. The number of ether oxygens (including phenoxy) is 3. The van der Waals surface area contributed by atoms with Crippen molar-refractivity contribution in [2.24, 2.45) is 5.92 Å². The van der Waals surface area contributed by atoms with Crippen LogP contribution in [0.4, 0.5) is 0 Å². The molecule has 4 heteroatoms. The predicted molar refractivity (Wildman–Crippen MR) is 90.6 cm³/mol. The van der Waals surface area contributed by atoms with Gasteiger partial charge in [0.1, 0.15) is 5.75 Å². The molecule has 2 rings (SSSR count). The van der Waals surface area contributed by atoms with Crippen LogP contribution in [0.2, 0.25) is 0 Å². The van der Waals surface area contributed by atoms with E-state index in [1.807, 2.05) is 24.3 Å². The topological polar surface area (TPSA) is 47.9 Å². The minimum atomic E-state index is -0.134. The molecule has 0 radical (unpaired) electrons. The Bertz CT molecular complexity index is 473. The highest BCUT2D eigenvalue weighted by Gasteiger charge is 2.39. The Balaban J connectivity index is 1.80. The van der Waals surface area contributed by atoms with E-state index in [4.69, 9.17) is 14.2 Å². The Morgan fingerprint density at radius 1 is 1.30 bits per heavy atom. The molecule has 4 nitrogen and oxygen atoms in total. The fourth-order valence-corrected chi connectivity index (χ4v) is 3.27. The van der Waals surface area contributed by atoms with Gasteiger partial charge in [0.05, 0.1) is 31.5 Å².